The summed E-state index contributed by atoms with van der Waals surface area (Å²) in [6.45, 7) is 2.61. The summed E-state index contributed by atoms with van der Waals surface area (Å²) in [4.78, 5) is 2.25. The zero-order chi connectivity index (χ0) is 10.7. The Labute approximate surface area is 90.3 Å². The highest BCUT2D eigenvalue weighted by molar-refractivity contribution is 5.33. The van der Waals surface area contributed by atoms with E-state index >= 15 is 0 Å². The van der Waals surface area contributed by atoms with Crippen molar-refractivity contribution in [3.05, 3.63) is 29.8 Å². The number of nitrogens with zero attached hydrogens (tertiary/aromatic N) is 1. The van der Waals surface area contributed by atoms with Crippen molar-refractivity contribution in [1.82, 2.24) is 4.90 Å². The summed E-state index contributed by atoms with van der Waals surface area (Å²) in [5, 5.41) is 9.43. The summed E-state index contributed by atoms with van der Waals surface area (Å²) in [6.07, 6.45) is 0.731. The molecule has 2 rings (SSSR count). The van der Waals surface area contributed by atoms with E-state index in [1.165, 1.54) is 5.56 Å². The van der Waals surface area contributed by atoms with Crippen LogP contribution < -0.4 is 4.74 Å². The van der Waals surface area contributed by atoms with Gasteiger partial charge in [0, 0.05) is 25.2 Å². The Bertz CT molecular complexity index is 327. The molecule has 1 aromatic carbocycles. The minimum atomic E-state index is -0.153. The second kappa shape index (κ2) is 4.64. The van der Waals surface area contributed by atoms with Crippen molar-refractivity contribution in [3.63, 3.8) is 0 Å². The number of hydrogen-bond acceptors (Lipinski definition) is 3. The monoisotopic (exact) mass is 207 g/mol. The third-order valence-corrected chi connectivity index (χ3v) is 2.83. The van der Waals surface area contributed by atoms with Gasteiger partial charge >= 0.3 is 0 Å². The van der Waals surface area contributed by atoms with Crippen molar-refractivity contribution < 1.29 is 9.84 Å². The van der Waals surface area contributed by atoms with Crippen LogP contribution in [0.25, 0.3) is 0 Å². The van der Waals surface area contributed by atoms with Gasteiger partial charge < -0.3 is 9.84 Å². The molecule has 3 heteroatoms. The smallest absolute Gasteiger partial charge is 0.123 e. The van der Waals surface area contributed by atoms with Crippen molar-refractivity contribution in [1.29, 1.82) is 0 Å². The van der Waals surface area contributed by atoms with Crippen LogP contribution in [0.4, 0.5) is 0 Å². The molecule has 1 unspecified atom stereocenters. The maximum Gasteiger partial charge on any atom is 0.123 e. The molecule has 1 heterocycles. The molecule has 1 aromatic rings. The number of benzene rings is 1. The van der Waals surface area contributed by atoms with E-state index in [9.17, 15) is 5.11 Å². The SMILES string of the molecule is COc1ccccc1CN1CCC(O)C1. The van der Waals surface area contributed by atoms with Crippen LogP contribution in [0.1, 0.15) is 12.0 Å². The van der Waals surface area contributed by atoms with Crippen molar-refractivity contribution in [2.24, 2.45) is 0 Å². The Morgan fingerprint density at radius 3 is 2.93 bits per heavy atom. The van der Waals surface area contributed by atoms with Crippen LogP contribution in [-0.2, 0) is 6.54 Å². The van der Waals surface area contributed by atoms with Gasteiger partial charge in [-0.3, -0.25) is 4.90 Å². The van der Waals surface area contributed by atoms with E-state index in [4.69, 9.17) is 4.74 Å². The Hall–Kier alpha value is -1.06. The average Bonchev–Trinajstić information content (AvgIpc) is 2.65. The van der Waals surface area contributed by atoms with Gasteiger partial charge in [0.25, 0.3) is 0 Å². The molecule has 0 bridgehead atoms. The van der Waals surface area contributed by atoms with E-state index in [2.05, 4.69) is 11.0 Å². The minimum absolute atomic E-state index is 0.153. The average molecular weight is 207 g/mol. The van der Waals surface area contributed by atoms with Crippen LogP contribution in [0, 0.1) is 0 Å². The molecule has 0 amide bonds. The number of hydrogen-bond donors (Lipinski definition) is 1. The molecular formula is C12H17NO2. The van der Waals surface area contributed by atoms with Gasteiger partial charge in [0.2, 0.25) is 0 Å². The van der Waals surface area contributed by atoms with Gasteiger partial charge in [-0.15, -0.1) is 0 Å². The lowest BCUT2D eigenvalue weighted by Crippen LogP contribution is -2.21. The van der Waals surface area contributed by atoms with Crippen LogP contribution in [0.2, 0.25) is 0 Å². The van der Waals surface area contributed by atoms with E-state index in [0.717, 1.165) is 31.8 Å². The Morgan fingerprint density at radius 2 is 2.27 bits per heavy atom. The van der Waals surface area contributed by atoms with Gasteiger partial charge in [-0.05, 0) is 12.5 Å². The van der Waals surface area contributed by atoms with Gasteiger partial charge in [0.05, 0.1) is 13.2 Å². The lowest BCUT2D eigenvalue weighted by atomic mass is 10.2. The van der Waals surface area contributed by atoms with Gasteiger partial charge in [-0.1, -0.05) is 18.2 Å². The lowest BCUT2D eigenvalue weighted by molar-refractivity contribution is 0.174. The summed E-state index contributed by atoms with van der Waals surface area (Å²) < 4.78 is 5.29. The second-order valence-electron chi connectivity index (χ2n) is 3.99. The number of methoxy groups -OCH3 is 1. The molecule has 1 N–H and O–H groups in total. The lowest BCUT2D eigenvalue weighted by Gasteiger charge is -2.16. The molecule has 0 aliphatic carbocycles. The van der Waals surface area contributed by atoms with E-state index < -0.39 is 0 Å². The number of para-hydroxylation sites is 1. The molecule has 15 heavy (non-hydrogen) atoms. The first-order chi connectivity index (χ1) is 7.29. The van der Waals surface area contributed by atoms with Crippen LogP contribution in [0.5, 0.6) is 5.75 Å². The largest absolute Gasteiger partial charge is 0.496 e. The van der Waals surface area contributed by atoms with Gasteiger partial charge in [-0.2, -0.15) is 0 Å². The first-order valence-electron chi connectivity index (χ1n) is 5.32. The van der Waals surface area contributed by atoms with Crippen LogP contribution in [0.3, 0.4) is 0 Å². The third kappa shape index (κ3) is 2.49. The van der Waals surface area contributed by atoms with Gasteiger partial charge in [0.1, 0.15) is 5.75 Å². The Morgan fingerprint density at radius 1 is 1.47 bits per heavy atom. The number of ether oxygens (including phenoxy) is 1. The van der Waals surface area contributed by atoms with Crippen LogP contribution in [0.15, 0.2) is 24.3 Å². The Balaban J connectivity index is 2.04. The van der Waals surface area contributed by atoms with Crippen LogP contribution in [-0.4, -0.2) is 36.3 Å². The molecule has 1 atom stereocenters. The fraction of sp³-hybridized carbons (Fsp3) is 0.500. The molecule has 3 nitrogen and oxygen atoms in total. The standard InChI is InChI=1S/C12H17NO2/c1-15-12-5-3-2-4-10(12)8-13-7-6-11(14)9-13/h2-5,11,14H,6-9H2,1H3. The van der Waals surface area contributed by atoms with Crippen molar-refractivity contribution in [3.8, 4) is 5.75 Å². The minimum Gasteiger partial charge on any atom is -0.496 e. The highest BCUT2D eigenvalue weighted by Crippen LogP contribution is 2.21. The first kappa shape index (κ1) is 10.5. The topological polar surface area (TPSA) is 32.7 Å². The molecule has 1 aliphatic heterocycles. The summed E-state index contributed by atoms with van der Waals surface area (Å²) in [7, 11) is 1.69. The second-order valence-corrected chi connectivity index (χ2v) is 3.99. The quantitative estimate of drug-likeness (QED) is 0.810. The summed E-state index contributed by atoms with van der Waals surface area (Å²) in [6, 6.07) is 8.04. The molecule has 0 spiro atoms. The number of β-amino-alcohol motifs (C(OH)–C–C–N with tert-alkyl or cyclic N) is 1. The molecule has 82 valence electrons. The predicted octanol–water partition coefficient (Wildman–Crippen LogP) is 1.26. The fourth-order valence-corrected chi connectivity index (χ4v) is 2.03. The molecular weight excluding hydrogens is 190 g/mol. The molecule has 0 radical (unpaired) electrons. The zero-order valence-corrected chi connectivity index (χ0v) is 9.02. The summed E-state index contributed by atoms with van der Waals surface area (Å²) >= 11 is 0. The number of aliphatic hydroxyl groups is 1. The fourth-order valence-electron chi connectivity index (χ4n) is 2.03. The van der Waals surface area contributed by atoms with Gasteiger partial charge in [-0.25, -0.2) is 0 Å². The molecule has 0 saturated carbocycles. The normalized spacial score (nSPS) is 21.9. The summed E-state index contributed by atoms with van der Waals surface area (Å²) in [5.41, 5.74) is 1.19. The van der Waals surface area contributed by atoms with E-state index in [-0.39, 0.29) is 6.10 Å². The van der Waals surface area contributed by atoms with Crippen molar-refractivity contribution >= 4 is 0 Å². The molecule has 1 fully saturated rings. The number of aliphatic hydroxyl groups excluding tert-OH is 1. The molecule has 1 aliphatic rings. The maximum atomic E-state index is 9.43. The van der Waals surface area contributed by atoms with Crippen molar-refractivity contribution in [2.75, 3.05) is 20.2 Å². The van der Waals surface area contributed by atoms with E-state index in [0.29, 0.717) is 0 Å². The van der Waals surface area contributed by atoms with Crippen molar-refractivity contribution in [2.45, 2.75) is 19.1 Å². The first-order valence-corrected chi connectivity index (χ1v) is 5.32. The van der Waals surface area contributed by atoms with E-state index in [1.807, 2.05) is 18.2 Å². The molecule has 0 aromatic heterocycles. The number of likely N-dealkylation sites (tertiary alicyclic amines) is 1. The highest BCUT2D eigenvalue weighted by atomic mass is 16.5. The van der Waals surface area contributed by atoms with E-state index in [1.54, 1.807) is 7.11 Å². The Kier molecular flexibility index (Phi) is 3.23. The zero-order valence-electron chi connectivity index (χ0n) is 9.02. The third-order valence-electron chi connectivity index (χ3n) is 2.83. The summed E-state index contributed by atoms with van der Waals surface area (Å²) in [5.74, 6) is 0.930. The van der Waals surface area contributed by atoms with Crippen LogP contribution >= 0.6 is 0 Å². The maximum absolute atomic E-state index is 9.43. The highest BCUT2D eigenvalue weighted by Gasteiger charge is 2.20. The molecule has 1 saturated heterocycles. The van der Waals surface area contributed by atoms with Gasteiger partial charge in [0.15, 0.2) is 0 Å². The number of rotatable bonds is 3. The predicted molar refractivity (Wildman–Crippen MR) is 58.9 cm³/mol.